The fourth-order valence-electron chi connectivity index (χ4n) is 1.75. The molecule has 0 spiro atoms. The number of hydrogen-bond donors (Lipinski definition) is 0. The van der Waals surface area contributed by atoms with Crippen LogP contribution in [0.4, 0.5) is 0 Å². The molecule has 0 aliphatic carbocycles. The first-order valence-electron chi connectivity index (χ1n) is 6.70. The number of unbranched alkanes of at least 4 members (excludes halogenated alkanes) is 2. The predicted octanol–water partition coefficient (Wildman–Crippen LogP) is 4.32. The van der Waals surface area contributed by atoms with E-state index in [1.165, 1.54) is 51.6 Å². The Morgan fingerprint density at radius 1 is 0.933 bits per heavy atom. The lowest BCUT2D eigenvalue weighted by Crippen LogP contribution is -2.22. The zero-order valence-electron chi connectivity index (χ0n) is 11.6. The number of rotatable bonds is 9. The van der Waals surface area contributed by atoms with Crippen LogP contribution in [-0.4, -0.2) is 25.0 Å². The van der Waals surface area contributed by atoms with Gasteiger partial charge in [0.05, 0.1) is 0 Å². The Morgan fingerprint density at radius 2 is 1.53 bits per heavy atom. The molecule has 0 bridgehead atoms. The monoisotopic (exact) mass is 213 g/mol. The second kappa shape index (κ2) is 8.15. The molecule has 0 atom stereocenters. The second-order valence-corrected chi connectivity index (χ2v) is 5.63. The first-order chi connectivity index (χ1) is 7.02. The van der Waals surface area contributed by atoms with E-state index in [9.17, 15) is 0 Å². The smallest absolute Gasteiger partial charge is 0.00216 e. The molecule has 0 unspecified atom stereocenters. The summed E-state index contributed by atoms with van der Waals surface area (Å²) < 4.78 is 0. The molecule has 0 saturated heterocycles. The van der Waals surface area contributed by atoms with Crippen LogP contribution in [0.2, 0.25) is 0 Å². The largest absolute Gasteiger partial charge is 0.306 e. The SMILES string of the molecule is CCCCCN(C)CCCC(C)(C)CC. The lowest BCUT2D eigenvalue weighted by Gasteiger charge is -2.24. The van der Waals surface area contributed by atoms with Crippen LogP contribution < -0.4 is 0 Å². The average Bonchev–Trinajstić information content (AvgIpc) is 2.18. The number of nitrogens with zero attached hydrogens (tertiary/aromatic N) is 1. The van der Waals surface area contributed by atoms with Gasteiger partial charge >= 0.3 is 0 Å². The van der Waals surface area contributed by atoms with Gasteiger partial charge in [-0.25, -0.2) is 0 Å². The van der Waals surface area contributed by atoms with E-state index < -0.39 is 0 Å². The van der Waals surface area contributed by atoms with E-state index in [0.717, 1.165) is 0 Å². The van der Waals surface area contributed by atoms with Gasteiger partial charge in [0.25, 0.3) is 0 Å². The van der Waals surface area contributed by atoms with Crippen molar-refractivity contribution in [3.8, 4) is 0 Å². The predicted molar refractivity (Wildman–Crippen MR) is 70.3 cm³/mol. The van der Waals surface area contributed by atoms with E-state index in [1.807, 2.05) is 0 Å². The maximum absolute atomic E-state index is 2.49. The van der Waals surface area contributed by atoms with Crippen molar-refractivity contribution in [3.63, 3.8) is 0 Å². The maximum Gasteiger partial charge on any atom is -0.00216 e. The van der Waals surface area contributed by atoms with Crippen molar-refractivity contribution in [2.75, 3.05) is 20.1 Å². The van der Waals surface area contributed by atoms with Crippen molar-refractivity contribution in [1.82, 2.24) is 4.90 Å². The summed E-state index contributed by atoms with van der Waals surface area (Å²) in [5.74, 6) is 0. The highest BCUT2D eigenvalue weighted by Gasteiger charge is 2.14. The summed E-state index contributed by atoms with van der Waals surface area (Å²) in [5, 5.41) is 0. The molecule has 0 fully saturated rings. The van der Waals surface area contributed by atoms with Gasteiger partial charge in [-0.15, -0.1) is 0 Å². The molecular weight excluding hydrogens is 182 g/mol. The Morgan fingerprint density at radius 3 is 2.07 bits per heavy atom. The van der Waals surface area contributed by atoms with E-state index in [4.69, 9.17) is 0 Å². The molecule has 0 aromatic rings. The number of hydrogen-bond acceptors (Lipinski definition) is 1. The van der Waals surface area contributed by atoms with Crippen molar-refractivity contribution in [2.24, 2.45) is 5.41 Å². The van der Waals surface area contributed by atoms with Gasteiger partial charge in [-0.2, -0.15) is 0 Å². The van der Waals surface area contributed by atoms with Gasteiger partial charge in [-0.05, 0) is 44.8 Å². The standard InChI is InChI=1S/C14H31N/c1-6-8-9-12-15(5)13-10-11-14(3,4)7-2/h6-13H2,1-5H3. The van der Waals surface area contributed by atoms with E-state index in [0.29, 0.717) is 5.41 Å². The van der Waals surface area contributed by atoms with Crippen LogP contribution >= 0.6 is 0 Å². The van der Waals surface area contributed by atoms with E-state index in [-0.39, 0.29) is 0 Å². The average molecular weight is 213 g/mol. The van der Waals surface area contributed by atoms with Crippen LogP contribution in [0.15, 0.2) is 0 Å². The van der Waals surface area contributed by atoms with Crippen LogP contribution in [0.3, 0.4) is 0 Å². The normalized spacial score (nSPS) is 12.4. The lowest BCUT2D eigenvalue weighted by molar-refractivity contribution is 0.264. The minimum absolute atomic E-state index is 0.546. The second-order valence-electron chi connectivity index (χ2n) is 5.63. The Bertz CT molecular complexity index is 140. The minimum Gasteiger partial charge on any atom is -0.306 e. The van der Waals surface area contributed by atoms with Crippen LogP contribution in [0.1, 0.15) is 66.2 Å². The van der Waals surface area contributed by atoms with Crippen LogP contribution in [0, 0.1) is 5.41 Å². The molecule has 0 heterocycles. The molecule has 0 aromatic carbocycles. The van der Waals surface area contributed by atoms with Gasteiger partial charge in [0.2, 0.25) is 0 Å². The fraction of sp³-hybridized carbons (Fsp3) is 1.00. The summed E-state index contributed by atoms with van der Waals surface area (Å²) >= 11 is 0. The summed E-state index contributed by atoms with van der Waals surface area (Å²) in [4.78, 5) is 2.49. The van der Waals surface area contributed by atoms with Crippen molar-refractivity contribution < 1.29 is 0 Å². The summed E-state index contributed by atoms with van der Waals surface area (Å²) in [7, 11) is 2.26. The zero-order valence-corrected chi connectivity index (χ0v) is 11.6. The minimum atomic E-state index is 0.546. The van der Waals surface area contributed by atoms with Gasteiger partial charge in [0.15, 0.2) is 0 Å². The highest BCUT2D eigenvalue weighted by molar-refractivity contribution is 4.67. The molecule has 0 amide bonds. The first kappa shape index (κ1) is 15.0. The van der Waals surface area contributed by atoms with Crippen LogP contribution in [-0.2, 0) is 0 Å². The molecule has 0 rings (SSSR count). The van der Waals surface area contributed by atoms with Crippen molar-refractivity contribution in [2.45, 2.75) is 66.2 Å². The summed E-state index contributed by atoms with van der Waals surface area (Å²) in [6.07, 6.45) is 8.09. The molecule has 0 N–H and O–H groups in total. The van der Waals surface area contributed by atoms with Crippen LogP contribution in [0.5, 0.6) is 0 Å². The summed E-state index contributed by atoms with van der Waals surface area (Å²) in [6.45, 7) is 11.9. The molecular formula is C14H31N. The first-order valence-corrected chi connectivity index (χ1v) is 6.70. The summed E-state index contributed by atoms with van der Waals surface area (Å²) in [6, 6.07) is 0. The Balaban J connectivity index is 3.42. The van der Waals surface area contributed by atoms with Crippen molar-refractivity contribution in [1.29, 1.82) is 0 Å². The fourth-order valence-corrected chi connectivity index (χ4v) is 1.75. The molecule has 0 aliphatic heterocycles. The highest BCUT2D eigenvalue weighted by atomic mass is 15.1. The molecule has 0 saturated carbocycles. The third-order valence-electron chi connectivity index (χ3n) is 3.49. The lowest BCUT2D eigenvalue weighted by atomic mass is 9.85. The third kappa shape index (κ3) is 8.92. The van der Waals surface area contributed by atoms with Gasteiger partial charge in [-0.1, -0.05) is 47.0 Å². The highest BCUT2D eigenvalue weighted by Crippen LogP contribution is 2.25. The molecule has 1 heteroatoms. The topological polar surface area (TPSA) is 3.24 Å². The van der Waals surface area contributed by atoms with E-state index in [1.54, 1.807) is 0 Å². The van der Waals surface area contributed by atoms with Gasteiger partial charge in [-0.3, -0.25) is 0 Å². The molecule has 92 valence electrons. The maximum atomic E-state index is 2.49. The third-order valence-corrected chi connectivity index (χ3v) is 3.49. The van der Waals surface area contributed by atoms with Gasteiger partial charge in [0.1, 0.15) is 0 Å². The van der Waals surface area contributed by atoms with Gasteiger partial charge < -0.3 is 4.90 Å². The Kier molecular flexibility index (Phi) is 8.13. The van der Waals surface area contributed by atoms with E-state index in [2.05, 4.69) is 39.6 Å². The zero-order chi connectivity index (χ0) is 11.7. The Labute approximate surface area is 97.2 Å². The molecule has 0 radical (unpaired) electrons. The van der Waals surface area contributed by atoms with E-state index >= 15 is 0 Å². The quantitative estimate of drug-likeness (QED) is 0.515. The van der Waals surface area contributed by atoms with Crippen molar-refractivity contribution in [3.05, 3.63) is 0 Å². The molecule has 1 nitrogen and oxygen atoms in total. The van der Waals surface area contributed by atoms with Gasteiger partial charge in [0, 0.05) is 0 Å². The van der Waals surface area contributed by atoms with Crippen molar-refractivity contribution >= 4 is 0 Å². The Hall–Kier alpha value is -0.0400. The molecule has 0 aromatic heterocycles. The summed E-state index contributed by atoms with van der Waals surface area (Å²) in [5.41, 5.74) is 0.546. The molecule has 0 aliphatic rings. The molecule has 15 heavy (non-hydrogen) atoms. The van der Waals surface area contributed by atoms with Crippen LogP contribution in [0.25, 0.3) is 0 Å².